The van der Waals surface area contributed by atoms with Crippen LogP contribution in [0, 0.1) is 0 Å². The molecule has 0 aliphatic carbocycles. The zero-order valence-corrected chi connectivity index (χ0v) is 23.7. The Labute approximate surface area is 218 Å². The first-order chi connectivity index (χ1) is 17.1. The van der Waals surface area contributed by atoms with Gasteiger partial charge < -0.3 is 24.0 Å². The molecule has 0 fully saturated rings. The molecule has 10 heteroatoms. The lowest BCUT2D eigenvalue weighted by Crippen LogP contribution is -2.53. The molecular weight excluding hydrogens is 503 g/mol. The van der Waals surface area contributed by atoms with Gasteiger partial charge in [0.1, 0.15) is 12.4 Å². The van der Waals surface area contributed by atoms with Crippen LogP contribution in [0.5, 0.6) is 5.75 Å². The highest BCUT2D eigenvalue weighted by Gasteiger charge is 2.64. The molecule has 2 aromatic carbocycles. The minimum absolute atomic E-state index is 0.0998. The molecule has 206 valence electrons. The number of hydrogen-bond acceptors (Lipinski definition) is 6. The molecule has 0 bridgehead atoms. The van der Waals surface area contributed by atoms with Crippen molar-refractivity contribution in [3.63, 3.8) is 0 Å². The summed E-state index contributed by atoms with van der Waals surface area (Å²) in [4.78, 5) is 13.1. The number of nitrogens with one attached hydrogen (secondary N) is 1. The second-order valence-corrected chi connectivity index (χ2v) is 15.2. The quantitative estimate of drug-likeness (QED) is 0.258. The summed E-state index contributed by atoms with van der Waals surface area (Å²) in [5.74, 6) is -0.897. The van der Waals surface area contributed by atoms with Gasteiger partial charge in [0.25, 0.3) is 5.60 Å². The van der Waals surface area contributed by atoms with Gasteiger partial charge in [0, 0.05) is 18.4 Å². The topological polar surface area (TPSA) is 66.0 Å². The second kappa shape index (κ2) is 11.9. The van der Waals surface area contributed by atoms with Crippen molar-refractivity contribution in [1.29, 1.82) is 0 Å². The lowest BCUT2D eigenvalue weighted by atomic mass is 9.92. The van der Waals surface area contributed by atoms with Crippen molar-refractivity contribution in [3.05, 3.63) is 60.2 Å². The Morgan fingerprint density at radius 1 is 0.973 bits per heavy atom. The van der Waals surface area contributed by atoms with E-state index in [0.717, 1.165) is 7.11 Å². The third-order valence-electron chi connectivity index (χ3n) is 6.86. The van der Waals surface area contributed by atoms with E-state index in [0.29, 0.717) is 11.4 Å². The largest absolute Gasteiger partial charge is 0.497 e. The number of rotatable bonds is 11. The van der Waals surface area contributed by atoms with Crippen LogP contribution < -0.4 is 10.1 Å². The van der Waals surface area contributed by atoms with Gasteiger partial charge in [0.2, 0.25) is 0 Å². The van der Waals surface area contributed by atoms with Crippen LogP contribution in [0.3, 0.4) is 0 Å². The highest BCUT2D eigenvalue weighted by atomic mass is 28.4. The fourth-order valence-electron chi connectivity index (χ4n) is 3.57. The number of benzene rings is 2. The molecule has 3 atom stereocenters. The van der Waals surface area contributed by atoms with E-state index in [2.05, 4.69) is 39.2 Å². The first-order valence-electron chi connectivity index (χ1n) is 12.0. The molecule has 0 saturated heterocycles. The Balaban J connectivity index is 2.36. The number of anilines is 1. The number of ether oxygens (including phenoxy) is 3. The van der Waals surface area contributed by atoms with Gasteiger partial charge >= 0.3 is 12.1 Å². The number of halogens is 3. The summed E-state index contributed by atoms with van der Waals surface area (Å²) < 4.78 is 64.8. The number of carbonyl (C=O) groups is 1. The molecule has 2 rings (SSSR count). The highest BCUT2D eigenvalue weighted by Crippen LogP contribution is 2.43. The molecular formula is C27H38F3NO5Si. The average molecular weight is 542 g/mol. The lowest BCUT2D eigenvalue weighted by Gasteiger charge is -2.40. The van der Waals surface area contributed by atoms with Crippen molar-refractivity contribution in [2.75, 3.05) is 26.1 Å². The van der Waals surface area contributed by atoms with E-state index in [1.165, 1.54) is 24.3 Å². The van der Waals surface area contributed by atoms with E-state index < -0.39 is 38.2 Å². The van der Waals surface area contributed by atoms with Gasteiger partial charge in [-0.1, -0.05) is 51.1 Å². The molecule has 2 aromatic rings. The van der Waals surface area contributed by atoms with Gasteiger partial charge in [-0.25, -0.2) is 4.79 Å². The molecule has 0 aliphatic rings. The summed E-state index contributed by atoms with van der Waals surface area (Å²) in [7, 11) is 0.146. The summed E-state index contributed by atoms with van der Waals surface area (Å²) in [6.45, 7) is 11.9. The maximum atomic E-state index is 14.3. The molecule has 0 amide bonds. The third-order valence-corrected chi connectivity index (χ3v) is 11.4. The number of hydrogen-bond donors (Lipinski definition) is 1. The SMILES string of the molecule is COc1ccc(N[C@@H](COC(=O)[C@](OC)(c2ccccc2)C(F)(F)F)[C@H](C)O[Si](C)(C)C(C)(C)C)cc1. The van der Waals surface area contributed by atoms with Crippen molar-refractivity contribution >= 4 is 20.0 Å². The highest BCUT2D eigenvalue weighted by molar-refractivity contribution is 6.74. The maximum absolute atomic E-state index is 14.3. The predicted octanol–water partition coefficient (Wildman–Crippen LogP) is 6.53. The minimum Gasteiger partial charge on any atom is -0.497 e. The van der Waals surface area contributed by atoms with Crippen molar-refractivity contribution < 1.29 is 36.6 Å². The Morgan fingerprint density at radius 2 is 1.54 bits per heavy atom. The van der Waals surface area contributed by atoms with E-state index in [9.17, 15) is 18.0 Å². The molecule has 0 unspecified atom stereocenters. The average Bonchev–Trinajstić information content (AvgIpc) is 2.81. The van der Waals surface area contributed by atoms with Crippen LogP contribution in [-0.4, -0.2) is 53.4 Å². The van der Waals surface area contributed by atoms with Crippen molar-refractivity contribution in [2.24, 2.45) is 0 Å². The fraction of sp³-hybridized carbons (Fsp3) is 0.519. The van der Waals surface area contributed by atoms with Crippen LogP contribution in [0.4, 0.5) is 18.9 Å². The second-order valence-electron chi connectivity index (χ2n) is 10.4. The maximum Gasteiger partial charge on any atom is 0.432 e. The standard InChI is InChI=1S/C27H38F3NO5Si/c1-19(36-37(7,8)25(2,3)4)23(31-21-14-16-22(33-5)17-15-21)18-35-24(32)26(34-6,27(28,29)30)20-12-10-9-11-13-20/h9-17,19,23,31H,18H2,1-8H3/t19-,23-,26+/m0/s1. The zero-order chi connectivity index (χ0) is 28.1. The van der Waals surface area contributed by atoms with Gasteiger partial charge in [-0.3, -0.25) is 0 Å². The first-order valence-corrected chi connectivity index (χ1v) is 14.9. The fourth-order valence-corrected chi connectivity index (χ4v) is 5.02. The van der Waals surface area contributed by atoms with Crippen LogP contribution in [0.25, 0.3) is 0 Å². The van der Waals surface area contributed by atoms with E-state index in [4.69, 9.17) is 18.6 Å². The molecule has 0 radical (unpaired) electrons. The molecule has 0 spiro atoms. The van der Waals surface area contributed by atoms with Gasteiger partial charge in [0.15, 0.2) is 8.32 Å². The van der Waals surface area contributed by atoms with Gasteiger partial charge in [-0.15, -0.1) is 0 Å². The molecule has 37 heavy (non-hydrogen) atoms. The van der Waals surface area contributed by atoms with Crippen LogP contribution in [0.2, 0.25) is 18.1 Å². The Bertz CT molecular complexity index is 1010. The van der Waals surface area contributed by atoms with Crippen molar-refractivity contribution in [2.45, 2.75) is 69.8 Å². The smallest absolute Gasteiger partial charge is 0.432 e. The molecule has 0 aliphatic heterocycles. The van der Waals surface area contributed by atoms with Crippen molar-refractivity contribution in [3.8, 4) is 5.75 Å². The van der Waals surface area contributed by atoms with E-state index >= 15 is 0 Å². The number of esters is 1. The summed E-state index contributed by atoms with van der Waals surface area (Å²) in [5.41, 5.74) is -2.95. The van der Waals surface area contributed by atoms with E-state index in [-0.39, 0.29) is 17.2 Å². The van der Waals surface area contributed by atoms with Gasteiger partial charge in [-0.05, 0) is 49.3 Å². The monoisotopic (exact) mass is 541 g/mol. The molecule has 1 N–H and O–H groups in total. The molecule has 0 heterocycles. The first kappa shape index (κ1) is 30.7. The normalized spacial score (nSPS) is 15.9. The summed E-state index contributed by atoms with van der Waals surface area (Å²) in [6.07, 6.45) is -5.54. The van der Waals surface area contributed by atoms with Crippen LogP contribution in [0.1, 0.15) is 33.3 Å². The van der Waals surface area contributed by atoms with Crippen LogP contribution >= 0.6 is 0 Å². The third kappa shape index (κ3) is 7.06. The Morgan fingerprint density at radius 3 is 2.00 bits per heavy atom. The van der Waals surface area contributed by atoms with Crippen LogP contribution in [-0.2, 0) is 24.3 Å². The summed E-state index contributed by atoms with van der Waals surface area (Å²) in [5, 5.41) is 3.15. The van der Waals surface area contributed by atoms with Crippen molar-refractivity contribution in [1.82, 2.24) is 0 Å². The lowest BCUT2D eigenvalue weighted by molar-refractivity contribution is -0.276. The minimum atomic E-state index is -5.05. The zero-order valence-electron chi connectivity index (χ0n) is 22.7. The molecule has 0 aromatic heterocycles. The number of alkyl halides is 3. The summed E-state index contributed by atoms with van der Waals surface area (Å²) in [6, 6.07) is 13.1. The Kier molecular flexibility index (Phi) is 9.84. The molecule has 6 nitrogen and oxygen atoms in total. The molecule has 0 saturated carbocycles. The number of methoxy groups -OCH3 is 2. The van der Waals surface area contributed by atoms with Gasteiger partial charge in [-0.2, -0.15) is 13.2 Å². The number of carbonyl (C=O) groups excluding carboxylic acids is 1. The van der Waals surface area contributed by atoms with E-state index in [1.807, 2.05) is 6.92 Å². The summed E-state index contributed by atoms with van der Waals surface area (Å²) >= 11 is 0. The van der Waals surface area contributed by atoms with Crippen LogP contribution in [0.15, 0.2) is 54.6 Å². The predicted molar refractivity (Wildman–Crippen MR) is 140 cm³/mol. The van der Waals surface area contributed by atoms with Gasteiger partial charge in [0.05, 0.1) is 19.3 Å². The van der Waals surface area contributed by atoms with E-state index in [1.54, 1.807) is 37.4 Å². The Hall–Kier alpha value is -2.56.